The van der Waals surface area contributed by atoms with E-state index >= 15 is 0 Å². The van der Waals surface area contributed by atoms with E-state index in [0.29, 0.717) is 48.0 Å². The van der Waals surface area contributed by atoms with Gasteiger partial charge in [-0.15, -0.1) is 13.2 Å². The Bertz CT molecular complexity index is 1390. The van der Waals surface area contributed by atoms with Crippen molar-refractivity contribution >= 4 is 17.0 Å². The second kappa shape index (κ2) is 10.0. The van der Waals surface area contributed by atoms with Crippen LogP contribution in [0.5, 0.6) is 5.75 Å². The number of hydrogen-bond donors (Lipinski definition) is 0. The molecule has 1 unspecified atom stereocenters. The number of aromatic nitrogens is 4. The highest BCUT2D eigenvalue weighted by molar-refractivity contribution is 5.84. The van der Waals surface area contributed by atoms with E-state index in [2.05, 4.69) is 25.6 Å². The molecule has 1 saturated heterocycles. The van der Waals surface area contributed by atoms with Crippen LogP contribution >= 0.6 is 0 Å². The van der Waals surface area contributed by atoms with Crippen molar-refractivity contribution in [1.29, 1.82) is 5.26 Å². The predicted molar refractivity (Wildman–Crippen MR) is 132 cm³/mol. The molecule has 37 heavy (non-hydrogen) atoms. The number of benzene rings is 1. The molecule has 2 aromatic heterocycles. The van der Waals surface area contributed by atoms with Gasteiger partial charge in [0.15, 0.2) is 5.82 Å². The van der Waals surface area contributed by atoms with E-state index in [1.165, 1.54) is 16.7 Å². The molecule has 0 spiro atoms. The molecule has 0 aliphatic carbocycles. The second-order valence-corrected chi connectivity index (χ2v) is 9.40. The summed E-state index contributed by atoms with van der Waals surface area (Å²) in [5.41, 5.74) is 1.51. The molecule has 0 amide bonds. The van der Waals surface area contributed by atoms with Crippen molar-refractivity contribution in [1.82, 2.24) is 24.0 Å². The van der Waals surface area contributed by atoms with Crippen LogP contribution in [-0.2, 0) is 20.0 Å². The number of fused-ring (bicyclic) bond motifs is 1. The summed E-state index contributed by atoms with van der Waals surface area (Å²) in [6, 6.07) is 7.94. The third kappa shape index (κ3) is 5.13. The number of rotatable bonds is 6. The van der Waals surface area contributed by atoms with Crippen LogP contribution in [0.25, 0.3) is 11.2 Å². The van der Waals surface area contributed by atoms with E-state index in [4.69, 9.17) is 4.98 Å². The molecule has 0 saturated carbocycles. The Morgan fingerprint density at radius 2 is 1.95 bits per heavy atom. The average molecular weight is 518 g/mol. The Morgan fingerprint density at radius 1 is 1.22 bits per heavy atom. The lowest BCUT2D eigenvalue weighted by atomic mass is 10.0. The van der Waals surface area contributed by atoms with E-state index in [1.54, 1.807) is 19.2 Å². The highest BCUT2D eigenvalue weighted by atomic mass is 19.4. The van der Waals surface area contributed by atoms with Gasteiger partial charge in [-0.05, 0) is 45.4 Å². The van der Waals surface area contributed by atoms with Crippen LogP contribution in [0.1, 0.15) is 45.1 Å². The van der Waals surface area contributed by atoms with Gasteiger partial charge in [0.1, 0.15) is 22.7 Å². The monoisotopic (exact) mass is 517 g/mol. The molecule has 3 atom stereocenters. The molecule has 0 N–H and O–H groups in total. The Hall–Kier alpha value is -3.59. The van der Waals surface area contributed by atoms with Gasteiger partial charge in [-0.25, -0.2) is 9.78 Å². The fourth-order valence-corrected chi connectivity index (χ4v) is 5.18. The van der Waals surface area contributed by atoms with Crippen molar-refractivity contribution < 1.29 is 17.9 Å². The van der Waals surface area contributed by atoms with Crippen LogP contribution in [0, 0.1) is 11.3 Å². The summed E-state index contributed by atoms with van der Waals surface area (Å²) in [5, 5.41) is 9.26. The molecule has 198 valence electrons. The van der Waals surface area contributed by atoms with Gasteiger partial charge in [0.25, 0.3) is 0 Å². The number of halogens is 3. The Labute approximate surface area is 212 Å². The number of piperazine rings is 1. The molecule has 9 nitrogen and oxygen atoms in total. The minimum absolute atomic E-state index is 0.00821. The van der Waals surface area contributed by atoms with Gasteiger partial charge in [-0.2, -0.15) is 10.2 Å². The van der Waals surface area contributed by atoms with Gasteiger partial charge in [0, 0.05) is 44.8 Å². The Balaban J connectivity index is 1.65. The molecule has 1 aromatic carbocycles. The van der Waals surface area contributed by atoms with Gasteiger partial charge in [0.2, 0.25) is 0 Å². The first kappa shape index (κ1) is 26.5. The summed E-state index contributed by atoms with van der Waals surface area (Å²) >= 11 is 0. The second-order valence-electron chi connectivity index (χ2n) is 9.40. The standard InChI is InChI=1S/C25H30F3N7O2/c1-6-33-20(10-11-29)30-21-22(31-24(36)32(5)23(21)33)35-14-15(2)34(13-16(35)3)17(4)18-8-7-9-19(12-18)37-25(26,27)28/h7-9,12,15-17H,6,10,13-14H2,1-5H3/t15-,16+,17?/m1/s1. The maximum absolute atomic E-state index is 12.8. The highest BCUT2D eigenvalue weighted by Gasteiger charge is 2.36. The van der Waals surface area contributed by atoms with Crippen molar-refractivity contribution in [3.8, 4) is 11.8 Å². The smallest absolute Gasteiger partial charge is 0.406 e. The Morgan fingerprint density at radius 3 is 2.59 bits per heavy atom. The lowest BCUT2D eigenvalue weighted by molar-refractivity contribution is -0.274. The van der Waals surface area contributed by atoms with E-state index < -0.39 is 12.1 Å². The van der Waals surface area contributed by atoms with E-state index in [0.717, 1.165) is 0 Å². The number of hydrogen-bond acceptors (Lipinski definition) is 7. The van der Waals surface area contributed by atoms with Crippen molar-refractivity contribution in [3.63, 3.8) is 0 Å². The fraction of sp³-hybridized carbons (Fsp3) is 0.520. The van der Waals surface area contributed by atoms with Crippen molar-refractivity contribution in [2.75, 3.05) is 18.0 Å². The Kier molecular flexibility index (Phi) is 7.19. The van der Waals surface area contributed by atoms with Crippen molar-refractivity contribution in [3.05, 3.63) is 46.1 Å². The van der Waals surface area contributed by atoms with Crippen LogP contribution in [0.3, 0.4) is 0 Å². The molecule has 1 aliphatic heterocycles. The molecule has 0 bridgehead atoms. The zero-order valence-electron chi connectivity index (χ0n) is 21.5. The first-order chi connectivity index (χ1) is 17.4. The minimum atomic E-state index is -4.75. The summed E-state index contributed by atoms with van der Waals surface area (Å²) in [7, 11) is 1.65. The number of anilines is 1. The van der Waals surface area contributed by atoms with Gasteiger partial charge < -0.3 is 14.2 Å². The molecule has 3 heterocycles. The third-order valence-electron chi connectivity index (χ3n) is 6.97. The number of nitrogens with zero attached hydrogens (tertiary/aromatic N) is 7. The number of alkyl halides is 3. The summed E-state index contributed by atoms with van der Waals surface area (Å²) in [6.07, 6.45) is -4.64. The van der Waals surface area contributed by atoms with Gasteiger partial charge in [-0.3, -0.25) is 9.47 Å². The van der Waals surface area contributed by atoms with Crippen LogP contribution in [-0.4, -0.2) is 55.5 Å². The quantitative estimate of drug-likeness (QED) is 0.492. The SMILES string of the molecule is CCn1c(CC#N)nc2c(N3C[C@@H](C)N(C(C)c4cccc(OC(F)(F)F)c4)C[C@@H]3C)nc(=O)n(C)c21. The van der Waals surface area contributed by atoms with Crippen LogP contribution < -0.4 is 15.3 Å². The van der Waals surface area contributed by atoms with Crippen LogP contribution in [0.2, 0.25) is 0 Å². The number of nitriles is 1. The van der Waals surface area contributed by atoms with E-state index in [-0.39, 0.29) is 30.3 Å². The topological polar surface area (TPSA) is 92.2 Å². The van der Waals surface area contributed by atoms with E-state index in [9.17, 15) is 23.2 Å². The largest absolute Gasteiger partial charge is 0.573 e. The van der Waals surface area contributed by atoms with Crippen molar-refractivity contribution in [2.45, 2.75) is 65.1 Å². The molecule has 3 aromatic rings. The number of aryl methyl sites for hydroxylation is 2. The van der Waals surface area contributed by atoms with Crippen LogP contribution in [0.15, 0.2) is 29.1 Å². The summed E-state index contributed by atoms with van der Waals surface area (Å²) < 4.78 is 45.6. The molecule has 0 radical (unpaired) electrons. The maximum Gasteiger partial charge on any atom is 0.573 e. The fourth-order valence-electron chi connectivity index (χ4n) is 5.18. The average Bonchev–Trinajstić information content (AvgIpc) is 3.20. The van der Waals surface area contributed by atoms with E-state index in [1.807, 2.05) is 32.3 Å². The lowest BCUT2D eigenvalue weighted by Crippen LogP contribution is -2.57. The first-order valence-corrected chi connectivity index (χ1v) is 12.2. The lowest BCUT2D eigenvalue weighted by Gasteiger charge is -2.47. The van der Waals surface area contributed by atoms with Gasteiger partial charge >= 0.3 is 12.1 Å². The zero-order chi connectivity index (χ0) is 27.1. The van der Waals surface area contributed by atoms with Crippen LogP contribution in [0.4, 0.5) is 19.0 Å². The number of imidazole rings is 1. The molecule has 4 rings (SSSR count). The minimum Gasteiger partial charge on any atom is -0.406 e. The molecule has 1 aliphatic rings. The normalized spacial score (nSPS) is 19.7. The zero-order valence-corrected chi connectivity index (χ0v) is 21.5. The molecular weight excluding hydrogens is 487 g/mol. The first-order valence-electron chi connectivity index (χ1n) is 12.2. The highest BCUT2D eigenvalue weighted by Crippen LogP contribution is 2.33. The molecular formula is C25H30F3N7O2. The third-order valence-corrected chi connectivity index (χ3v) is 6.97. The summed E-state index contributed by atoms with van der Waals surface area (Å²) in [4.78, 5) is 26.2. The number of ether oxygens (including phenoxy) is 1. The molecule has 12 heteroatoms. The predicted octanol–water partition coefficient (Wildman–Crippen LogP) is 3.77. The summed E-state index contributed by atoms with van der Waals surface area (Å²) in [5.74, 6) is 0.817. The van der Waals surface area contributed by atoms with Gasteiger partial charge in [0.05, 0.1) is 12.5 Å². The van der Waals surface area contributed by atoms with Gasteiger partial charge in [-0.1, -0.05) is 12.1 Å². The van der Waals surface area contributed by atoms with Crippen molar-refractivity contribution in [2.24, 2.45) is 7.05 Å². The maximum atomic E-state index is 12.8. The summed E-state index contributed by atoms with van der Waals surface area (Å²) in [6.45, 7) is 9.63. The molecule has 1 fully saturated rings.